The largest absolute Gasteiger partial charge is 0.405 e. The Morgan fingerprint density at radius 1 is 1.35 bits per heavy atom. The molecule has 0 saturated carbocycles. The lowest BCUT2D eigenvalue weighted by molar-refractivity contribution is -0.138. The second-order valence-electron chi connectivity index (χ2n) is 5.43. The Morgan fingerprint density at radius 2 is 2.15 bits per heavy atom. The van der Waals surface area contributed by atoms with Crippen LogP contribution >= 0.6 is 0 Å². The van der Waals surface area contributed by atoms with Crippen LogP contribution in [0.15, 0.2) is 30.9 Å². The molecule has 0 bridgehead atoms. The minimum atomic E-state index is -4.47. The molecular weight excluding hydrogens is 351 g/mol. The van der Waals surface area contributed by atoms with Crippen LogP contribution in [-0.2, 0) is 4.79 Å². The average molecular weight is 369 g/mol. The Morgan fingerprint density at radius 3 is 2.92 bits per heavy atom. The maximum Gasteiger partial charge on any atom is 0.405 e. The van der Waals surface area contributed by atoms with E-state index in [9.17, 15) is 18.0 Å². The van der Waals surface area contributed by atoms with E-state index in [0.29, 0.717) is 17.0 Å². The number of carbonyl (C=O) groups excluding carboxylic acids is 1. The standard InChI is InChI=1S/C15H14F3N7O.2H2/c1-8(13(26)21-6-15(16,17)18)24-14-23-7-22-12(25-14)10-5-20-11-9(10)3-2-4-19-11;;/h2-5,7-8H,6H2,1H3,(H,19,20)(H,21,26)(H,22,23,24,25);2*1H/t8-;;/m1../s1. The van der Waals surface area contributed by atoms with Crippen LogP contribution in [0.3, 0.4) is 0 Å². The SMILES string of the molecule is C[C@@H](Nc1ncnc(-c2c[nH]c3ncccc23)n1)C(=O)NCC(F)(F)F.[HH].[HH]. The van der Waals surface area contributed by atoms with Crippen molar-refractivity contribution in [2.45, 2.75) is 19.1 Å². The molecule has 0 aliphatic rings. The molecule has 3 rings (SSSR count). The number of amides is 1. The number of hydrogen-bond acceptors (Lipinski definition) is 6. The van der Waals surface area contributed by atoms with Crippen LogP contribution in [0.1, 0.15) is 9.78 Å². The van der Waals surface area contributed by atoms with E-state index in [0.717, 1.165) is 5.39 Å². The lowest BCUT2D eigenvalue weighted by Crippen LogP contribution is -2.42. The van der Waals surface area contributed by atoms with Crippen LogP contribution in [0.25, 0.3) is 22.4 Å². The molecule has 26 heavy (non-hydrogen) atoms. The van der Waals surface area contributed by atoms with Gasteiger partial charge in [-0.25, -0.2) is 15.0 Å². The van der Waals surface area contributed by atoms with Gasteiger partial charge in [0.1, 0.15) is 24.6 Å². The molecule has 3 aromatic heterocycles. The van der Waals surface area contributed by atoms with Crippen LogP contribution in [-0.4, -0.2) is 49.6 Å². The lowest BCUT2D eigenvalue weighted by Gasteiger charge is -2.15. The molecule has 140 valence electrons. The maximum absolute atomic E-state index is 12.2. The third-order valence-electron chi connectivity index (χ3n) is 3.47. The zero-order valence-electron chi connectivity index (χ0n) is 13.5. The second kappa shape index (κ2) is 6.94. The van der Waals surface area contributed by atoms with Crippen molar-refractivity contribution in [3.63, 3.8) is 0 Å². The van der Waals surface area contributed by atoms with Gasteiger partial charge in [0.2, 0.25) is 11.9 Å². The zero-order chi connectivity index (χ0) is 18.7. The van der Waals surface area contributed by atoms with E-state index < -0.39 is 24.7 Å². The highest BCUT2D eigenvalue weighted by molar-refractivity contribution is 5.91. The molecule has 0 aromatic carbocycles. The molecule has 8 nitrogen and oxygen atoms in total. The number of aromatic amines is 1. The van der Waals surface area contributed by atoms with Gasteiger partial charge in [0.05, 0.1) is 0 Å². The van der Waals surface area contributed by atoms with Gasteiger partial charge in [-0.3, -0.25) is 4.79 Å². The Balaban J connectivity index is 0.00000196. The van der Waals surface area contributed by atoms with E-state index in [1.807, 2.05) is 6.07 Å². The molecule has 0 aliphatic carbocycles. The van der Waals surface area contributed by atoms with Crippen molar-refractivity contribution in [1.82, 2.24) is 30.2 Å². The monoisotopic (exact) mass is 369 g/mol. The fraction of sp³-hybridized carbons (Fsp3) is 0.267. The van der Waals surface area contributed by atoms with Crippen LogP contribution < -0.4 is 10.6 Å². The Bertz CT molecular complexity index is 935. The molecule has 1 amide bonds. The Labute approximate surface area is 148 Å². The van der Waals surface area contributed by atoms with Crippen molar-refractivity contribution in [3.8, 4) is 11.4 Å². The molecule has 3 N–H and O–H groups in total. The van der Waals surface area contributed by atoms with Gasteiger partial charge < -0.3 is 15.6 Å². The minimum absolute atomic E-state index is 0. The van der Waals surface area contributed by atoms with Gasteiger partial charge in [-0.05, 0) is 19.1 Å². The smallest absolute Gasteiger partial charge is 0.345 e. The van der Waals surface area contributed by atoms with Crippen molar-refractivity contribution < 1.29 is 20.8 Å². The predicted octanol–water partition coefficient (Wildman–Crippen LogP) is 2.39. The van der Waals surface area contributed by atoms with Gasteiger partial charge in [-0.1, -0.05) is 0 Å². The van der Waals surface area contributed by atoms with Crippen LogP contribution in [0.4, 0.5) is 19.1 Å². The second-order valence-corrected chi connectivity index (χ2v) is 5.43. The summed E-state index contributed by atoms with van der Waals surface area (Å²) in [7, 11) is 0. The van der Waals surface area contributed by atoms with Crippen molar-refractivity contribution >= 4 is 22.9 Å². The molecule has 0 spiro atoms. The summed E-state index contributed by atoms with van der Waals surface area (Å²) < 4.78 is 36.5. The summed E-state index contributed by atoms with van der Waals surface area (Å²) in [5.41, 5.74) is 1.35. The summed E-state index contributed by atoms with van der Waals surface area (Å²) in [5, 5.41) is 5.27. The van der Waals surface area contributed by atoms with Crippen LogP contribution in [0.2, 0.25) is 0 Å². The van der Waals surface area contributed by atoms with Crippen molar-refractivity contribution in [2.24, 2.45) is 0 Å². The number of aromatic nitrogens is 5. The first kappa shape index (κ1) is 17.6. The number of alkyl halides is 3. The van der Waals surface area contributed by atoms with Gasteiger partial charge >= 0.3 is 6.18 Å². The summed E-state index contributed by atoms with van der Waals surface area (Å²) in [6.07, 6.45) is 0.111. The van der Waals surface area contributed by atoms with Crippen LogP contribution in [0.5, 0.6) is 0 Å². The van der Waals surface area contributed by atoms with E-state index in [-0.39, 0.29) is 8.80 Å². The number of halogens is 3. The summed E-state index contributed by atoms with van der Waals surface area (Å²) >= 11 is 0. The number of pyridine rings is 1. The molecule has 0 aliphatic heterocycles. The molecule has 1 atom stereocenters. The van der Waals surface area contributed by atoms with E-state index in [1.165, 1.54) is 13.3 Å². The fourth-order valence-corrected chi connectivity index (χ4v) is 2.24. The fourth-order valence-electron chi connectivity index (χ4n) is 2.24. The number of nitrogens with zero attached hydrogens (tertiary/aromatic N) is 4. The number of rotatable bonds is 5. The first-order valence-electron chi connectivity index (χ1n) is 7.56. The van der Waals surface area contributed by atoms with Gasteiger partial charge in [0, 0.05) is 26.2 Å². The number of carbonyl (C=O) groups is 1. The third-order valence-corrected chi connectivity index (χ3v) is 3.47. The number of fused-ring (bicyclic) bond motifs is 1. The van der Waals surface area contributed by atoms with Gasteiger partial charge in [0.25, 0.3) is 0 Å². The van der Waals surface area contributed by atoms with E-state index in [2.05, 4.69) is 30.2 Å². The predicted molar refractivity (Wildman–Crippen MR) is 91.3 cm³/mol. The summed E-state index contributed by atoms with van der Waals surface area (Å²) in [5.74, 6) is -0.409. The minimum Gasteiger partial charge on any atom is -0.345 e. The zero-order valence-corrected chi connectivity index (χ0v) is 13.5. The molecule has 3 heterocycles. The summed E-state index contributed by atoms with van der Waals surface area (Å²) in [4.78, 5) is 31.1. The summed E-state index contributed by atoms with van der Waals surface area (Å²) in [6.45, 7) is 0.00737. The highest BCUT2D eigenvalue weighted by atomic mass is 19.4. The van der Waals surface area contributed by atoms with Gasteiger partial charge in [-0.2, -0.15) is 18.2 Å². The quantitative estimate of drug-likeness (QED) is 0.637. The molecular formula is C15H18F3N7O. The van der Waals surface area contributed by atoms with Crippen molar-refractivity contribution in [3.05, 3.63) is 30.9 Å². The number of nitrogens with one attached hydrogen (secondary N) is 3. The first-order valence-corrected chi connectivity index (χ1v) is 7.56. The van der Waals surface area contributed by atoms with E-state index in [1.54, 1.807) is 23.8 Å². The summed E-state index contributed by atoms with van der Waals surface area (Å²) in [6, 6.07) is 2.66. The van der Waals surface area contributed by atoms with Crippen molar-refractivity contribution in [2.75, 3.05) is 11.9 Å². The average Bonchev–Trinajstić information content (AvgIpc) is 3.03. The molecule has 3 aromatic rings. The van der Waals surface area contributed by atoms with Crippen molar-refractivity contribution in [1.29, 1.82) is 0 Å². The molecule has 0 unspecified atom stereocenters. The lowest BCUT2D eigenvalue weighted by atomic mass is 10.2. The van der Waals surface area contributed by atoms with Gasteiger partial charge in [-0.15, -0.1) is 0 Å². The normalized spacial score (nSPS) is 12.8. The maximum atomic E-state index is 12.2. The Kier molecular flexibility index (Phi) is 4.69. The first-order chi connectivity index (χ1) is 12.3. The number of anilines is 1. The Hall–Kier alpha value is -3.24. The van der Waals surface area contributed by atoms with E-state index >= 15 is 0 Å². The molecule has 0 saturated heterocycles. The number of hydrogen-bond donors (Lipinski definition) is 3. The molecule has 0 radical (unpaired) electrons. The van der Waals surface area contributed by atoms with E-state index in [4.69, 9.17) is 0 Å². The number of H-pyrrole nitrogens is 1. The van der Waals surface area contributed by atoms with Gasteiger partial charge in [0.15, 0.2) is 5.82 Å². The third kappa shape index (κ3) is 4.05. The highest BCUT2D eigenvalue weighted by Crippen LogP contribution is 2.24. The molecule has 0 fully saturated rings. The molecule has 11 heteroatoms. The topological polar surface area (TPSA) is 108 Å². The highest BCUT2D eigenvalue weighted by Gasteiger charge is 2.28. The van der Waals surface area contributed by atoms with Crippen LogP contribution in [0, 0.1) is 0 Å².